The largest absolute Gasteiger partial charge is 0.365 e. The van der Waals surface area contributed by atoms with Gasteiger partial charge in [0.2, 0.25) is 0 Å². The highest BCUT2D eigenvalue weighted by atomic mass is 15.3. The number of piperazine rings is 1. The summed E-state index contributed by atoms with van der Waals surface area (Å²) in [4.78, 5) is 4.82. The van der Waals surface area contributed by atoms with Crippen molar-refractivity contribution in [2.24, 2.45) is 0 Å². The minimum Gasteiger partial charge on any atom is -0.365 e. The predicted molar refractivity (Wildman–Crippen MR) is 78.5 cm³/mol. The smallest absolute Gasteiger partial charge is 0.0541 e. The summed E-state index contributed by atoms with van der Waals surface area (Å²) in [6.45, 7) is 8.71. The first-order valence-corrected chi connectivity index (χ1v) is 6.76. The summed E-state index contributed by atoms with van der Waals surface area (Å²) >= 11 is 0. The van der Waals surface area contributed by atoms with E-state index in [1.165, 1.54) is 16.8 Å². The van der Waals surface area contributed by atoms with Gasteiger partial charge in [-0.05, 0) is 51.2 Å². The fraction of sp³-hybridized carbons (Fsp3) is 0.600. The first-order chi connectivity index (χ1) is 8.56. The van der Waals surface area contributed by atoms with Crippen LogP contribution in [0.5, 0.6) is 0 Å². The van der Waals surface area contributed by atoms with Crippen molar-refractivity contribution in [2.75, 3.05) is 45.2 Å². The molecule has 0 saturated carbocycles. The van der Waals surface area contributed by atoms with Gasteiger partial charge in [0, 0.05) is 31.9 Å². The van der Waals surface area contributed by atoms with Crippen LogP contribution < -0.4 is 10.2 Å². The van der Waals surface area contributed by atoms with E-state index in [1.54, 1.807) is 0 Å². The van der Waals surface area contributed by atoms with E-state index in [2.05, 4.69) is 61.3 Å². The van der Waals surface area contributed by atoms with Gasteiger partial charge in [0.05, 0.1) is 6.04 Å². The molecule has 3 heteroatoms. The number of rotatable bonds is 3. The first-order valence-electron chi connectivity index (χ1n) is 6.76. The van der Waals surface area contributed by atoms with E-state index in [0.29, 0.717) is 6.04 Å². The molecule has 100 valence electrons. The van der Waals surface area contributed by atoms with E-state index in [1.807, 2.05) is 0 Å². The van der Waals surface area contributed by atoms with Gasteiger partial charge in [0.1, 0.15) is 0 Å². The van der Waals surface area contributed by atoms with Gasteiger partial charge in [-0.15, -0.1) is 0 Å². The third-order valence-corrected chi connectivity index (χ3v) is 3.46. The molecule has 0 aromatic heterocycles. The van der Waals surface area contributed by atoms with Gasteiger partial charge in [0.15, 0.2) is 0 Å². The SMILES string of the molecule is Cc1cc(C)cc(N2CCNCC2CN(C)C)c1. The van der Waals surface area contributed by atoms with Gasteiger partial charge in [-0.25, -0.2) is 0 Å². The Labute approximate surface area is 111 Å². The van der Waals surface area contributed by atoms with Crippen LogP contribution in [0.3, 0.4) is 0 Å². The molecular formula is C15H25N3. The molecule has 0 amide bonds. The molecule has 0 spiro atoms. The number of benzene rings is 1. The molecule has 1 aromatic carbocycles. The quantitative estimate of drug-likeness (QED) is 0.876. The Bertz CT molecular complexity index is 380. The minimum atomic E-state index is 0.565. The summed E-state index contributed by atoms with van der Waals surface area (Å²) in [5, 5.41) is 3.50. The molecule has 1 N–H and O–H groups in total. The van der Waals surface area contributed by atoms with Crippen LogP contribution in [0, 0.1) is 13.8 Å². The Kier molecular flexibility index (Phi) is 4.25. The topological polar surface area (TPSA) is 18.5 Å². The standard InChI is InChI=1S/C15H25N3/c1-12-7-13(2)9-14(8-12)18-6-5-16-10-15(18)11-17(3)4/h7-9,15-16H,5-6,10-11H2,1-4H3. The van der Waals surface area contributed by atoms with Crippen molar-refractivity contribution in [3.05, 3.63) is 29.3 Å². The van der Waals surface area contributed by atoms with Gasteiger partial charge < -0.3 is 15.1 Å². The Hall–Kier alpha value is -1.06. The van der Waals surface area contributed by atoms with Crippen LogP contribution in [-0.2, 0) is 0 Å². The molecule has 18 heavy (non-hydrogen) atoms. The second-order valence-electron chi connectivity index (χ2n) is 5.66. The highest BCUT2D eigenvalue weighted by molar-refractivity contribution is 5.52. The highest BCUT2D eigenvalue weighted by Crippen LogP contribution is 2.22. The molecule has 1 heterocycles. The molecule has 3 nitrogen and oxygen atoms in total. The van der Waals surface area contributed by atoms with E-state index in [9.17, 15) is 0 Å². The lowest BCUT2D eigenvalue weighted by Crippen LogP contribution is -2.55. The zero-order chi connectivity index (χ0) is 13.1. The van der Waals surface area contributed by atoms with Crippen LogP contribution in [0.25, 0.3) is 0 Å². The van der Waals surface area contributed by atoms with Crippen molar-refractivity contribution in [1.29, 1.82) is 0 Å². The summed E-state index contributed by atoms with van der Waals surface area (Å²) in [5.74, 6) is 0. The molecule has 1 fully saturated rings. The fourth-order valence-corrected chi connectivity index (χ4v) is 2.80. The van der Waals surface area contributed by atoms with Crippen LogP contribution >= 0.6 is 0 Å². The Morgan fingerprint density at radius 2 is 1.89 bits per heavy atom. The van der Waals surface area contributed by atoms with Crippen LogP contribution in [0.1, 0.15) is 11.1 Å². The molecular weight excluding hydrogens is 222 g/mol. The second-order valence-corrected chi connectivity index (χ2v) is 5.66. The summed E-state index contributed by atoms with van der Waals surface area (Å²) in [7, 11) is 4.29. The number of anilines is 1. The molecule has 1 saturated heterocycles. The Morgan fingerprint density at radius 1 is 1.22 bits per heavy atom. The number of hydrogen-bond acceptors (Lipinski definition) is 3. The van der Waals surface area contributed by atoms with Crippen LogP contribution in [0.2, 0.25) is 0 Å². The molecule has 1 aromatic rings. The maximum Gasteiger partial charge on any atom is 0.0541 e. The molecule has 1 atom stereocenters. The maximum absolute atomic E-state index is 3.50. The lowest BCUT2D eigenvalue weighted by atomic mass is 10.1. The van der Waals surface area contributed by atoms with Gasteiger partial charge in [-0.1, -0.05) is 6.07 Å². The second kappa shape index (κ2) is 5.72. The average molecular weight is 247 g/mol. The number of nitrogens with one attached hydrogen (secondary N) is 1. The highest BCUT2D eigenvalue weighted by Gasteiger charge is 2.23. The van der Waals surface area contributed by atoms with Crippen molar-refractivity contribution in [3.8, 4) is 0 Å². The maximum atomic E-state index is 3.50. The first kappa shape index (κ1) is 13.4. The van der Waals surface area contributed by atoms with Crippen LogP contribution in [0.15, 0.2) is 18.2 Å². The number of aryl methyl sites for hydroxylation is 2. The summed E-state index contributed by atoms with van der Waals surface area (Å²) in [5.41, 5.74) is 4.08. The zero-order valence-corrected chi connectivity index (χ0v) is 12.0. The molecule has 0 bridgehead atoms. The lowest BCUT2D eigenvalue weighted by molar-refractivity contribution is 0.337. The van der Waals surface area contributed by atoms with Gasteiger partial charge in [-0.3, -0.25) is 0 Å². The van der Waals surface area contributed by atoms with E-state index in [0.717, 1.165) is 26.2 Å². The van der Waals surface area contributed by atoms with Gasteiger partial charge in [-0.2, -0.15) is 0 Å². The van der Waals surface area contributed by atoms with E-state index < -0.39 is 0 Å². The molecule has 0 aliphatic carbocycles. The van der Waals surface area contributed by atoms with E-state index >= 15 is 0 Å². The van der Waals surface area contributed by atoms with E-state index in [4.69, 9.17) is 0 Å². The molecule has 1 unspecified atom stereocenters. The lowest BCUT2D eigenvalue weighted by Gasteiger charge is -2.39. The minimum absolute atomic E-state index is 0.565. The van der Waals surface area contributed by atoms with Gasteiger partial charge in [0.25, 0.3) is 0 Å². The number of hydrogen-bond donors (Lipinski definition) is 1. The molecule has 1 aliphatic heterocycles. The molecule has 0 radical (unpaired) electrons. The summed E-state index contributed by atoms with van der Waals surface area (Å²) in [6, 6.07) is 7.42. The Balaban J connectivity index is 2.21. The average Bonchev–Trinajstić information content (AvgIpc) is 2.27. The third kappa shape index (κ3) is 3.24. The van der Waals surface area contributed by atoms with Crippen LogP contribution in [0.4, 0.5) is 5.69 Å². The van der Waals surface area contributed by atoms with E-state index in [-0.39, 0.29) is 0 Å². The van der Waals surface area contributed by atoms with Crippen LogP contribution in [-0.4, -0.2) is 51.2 Å². The van der Waals surface area contributed by atoms with Gasteiger partial charge >= 0.3 is 0 Å². The number of nitrogens with zero attached hydrogens (tertiary/aromatic N) is 2. The normalized spacial score (nSPS) is 20.5. The Morgan fingerprint density at radius 3 is 2.50 bits per heavy atom. The van der Waals surface area contributed by atoms with Crippen molar-refractivity contribution in [2.45, 2.75) is 19.9 Å². The van der Waals surface area contributed by atoms with Crippen molar-refractivity contribution >= 4 is 5.69 Å². The molecule has 2 rings (SSSR count). The monoisotopic (exact) mass is 247 g/mol. The zero-order valence-electron chi connectivity index (χ0n) is 12.0. The molecule has 1 aliphatic rings. The summed E-state index contributed by atoms with van der Waals surface area (Å²) in [6.07, 6.45) is 0. The predicted octanol–water partition coefficient (Wildman–Crippen LogP) is 1.64. The third-order valence-electron chi connectivity index (χ3n) is 3.46. The number of likely N-dealkylation sites (N-methyl/N-ethyl adjacent to an activating group) is 1. The fourth-order valence-electron chi connectivity index (χ4n) is 2.80. The van der Waals surface area contributed by atoms with Crippen molar-refractivity contribution in [1.82, 2.24) is 10.2 Å². The van der Waals surface area contributed by atoms with Crippen molar-refractivity contribution in [3.63, 3.8) is 0 Å². The van der Waals surface area contributed by atoms with Crippen molar-refractivity contribution < 1.29 is 0 Å². The summed E-state index contributed by atoms with van der Waals surface area (Å²) < 4.78 is 0.